The maximum Gasteiger partial charge on any atom is 0.110 e. The van der Waals surface area contributed by atoms with Crippen molar-refractivity contribution in [1.29, 1.82) is 5.26 Å². The summed E-state index contributed by atoms with van der Waals surface area (Å²) in [7, 11) is 0. The Morgan fingerprint density at radius 3 is 2.86 bits per heavy atom. The van der Waals surface area contributed by atoms with Gasteiger partial charge >= 0.3 is 0 Å². The molecule has 14 heavy (non-hydrogen) atoms. The van der Waals surface area contributed by atoms with Crippen LogP contribution in [0.1, 0.15) is 10.4 Å². The van der Waals surface area contributed by atoms with Crippen LogP contribution in [0.2, 0.25) is 5.02 Å². The lowest BCUT2D eigenvalue weighted by molar-refractivity contribution is 1.51. The summed E-state index contributed by atoms with van der Waals surface area (Å²) in [4.78, 5) is 0.726. The van der Waals surface area contributed by atoms with Gasteiger partial charge in [0.15, 0.2) is 0 Å². The second-order valence-corrected chi connectivity index (χ2v) is 4.89. The van der Waals surface area contributed by atoms with Crippen molar-refractivity contribution in [2.75, 3.05) is 0 Å². The van der Waals surface area contributed by atoms with E-state index in [0.29, 0.717) is 5.02 Å². The highest BCUT2D eigenvalue weighted by molar-refractivity contribution is 9.08. The summed E-state index contributed by atoms with van der Waals surface area (Å²) in [5.74, 6) is 0. The number of benzene rings is 1. The number of thiophene rings is 1. The molecule has 1 aromatic heterocycles. The van der Waals surface area contributed by atoms with Gasteiger partial charge in [0, 0.05) is 15.1 Å². The lowest BCUT2D eigenvalue weighted by atomic mass is 10.2. The molecule has 0 amide bonds. The number of hydrogen-bond acceptors (Lipinski definition) is 2. The number of alkyl halides is 1. The van der Waals surface area contributed by atoms with Gasteiger partial charge in [0.05, 0.1) is 0 Å². The van der Waals surface area contributed by atoms with Crippen molar-refractivity contribution in [3.63, 3.8) is 0 Å². The number of halogens is 2. The first-order valence-electron chi connectivity index (χ1n) is 3.92. The Kier molecular flexibility index (Phi) is 2.78. The quantitative estimate of drug-likeness (QED) is 0.716. The molecule has 0 unspecified atom stereocenters. The van der Waals surface area contributed by atoms with E-state index < -0.39 is 0 Å². The van der Waals surface area contributed by atoms with Crippen molar-refractivity contribution >= 4 is 49.0 Å². The van der Waals surface area contributed by atoms with Crippen LogP contribution in [-0.4, -0.2) is 0 Å². The molecule has 0 radical (unpaired) electrons. The lowest BCUT2D eigenvalue weighted by Crippen LogP contribution is -1.76. The number of nitrogens with zero attached hydrogens (tertiary/aromatic N) is 1. The van der Waals surface area contributed by atoms with Crippen LogP contribution in [0.4, 0.5) is 0 Å². The first-order valence-corrected chi connectivity index (χ1v) is 6.24. The second-order valence-electron chi connectivity index (χ2n) is 2.84. The minimum Gasteiger partial charge on any atom is -0.192 e. The number of nitriles is 1. The SMILES string of the molecule is N#Cc1cc2cc(Cl)cc(CBr)c2s1. The van der Waals surface area contributed by atoms with Gasteiger partial charge in [-0.05, 0) is 29.1 Å². The van der Waals surface area contributed by atoms with Crippen LogP contribution < -0.4 is 0 Å². The van der Waals surface area contributed by atoms with Gasteiger partial charge in [0.2, 0.25) is 0 Å². The van der Waals surface area contributed by atoms with Crippen LogP contribution in [-0.2, 0) is 5.33 Å². The fourth-order valence-electron chi connectivity index (χ4n) is 1.34. The van der Waals surface area contributed by atoms with Crippen molar-refractivity contribution < 1.29 is 0 Å². The molecule has 70 valence electrons. The molecule has 0 atom stereocenters. The van der Waals surface area contributed by atoms with E-state index >= 15 is 0 Å². The van der Waals surface area contributed by atoms with Crippen molar-refractivity contribution in [2.45, 2.75) is 5.33 Å². The molecule has 0 fully saturated rings. The fraction of sp³-hybridized carbons (Fsp3) is 0.100. The summed E-state index contributed by atoms with van der Waals surface area (Å²) in [6.45, 7) is 0. The largest absolute Gasteiger partial charge is 0.192 e. The molecule has 0 saturated carbocycles. The molecule has 0 bridgehead atoms. The fourth-order valence-corrected chi connectivity index (χ4v) is 3.17. The Labute approximate surface area is 99.0 Å². The third-order valence-corrected chi connectivity index (χ3v) is 3.87. The standard InChI is InChI=1S/C10H5BrClNS/c11-4-7-2-8(12)1-6-3-9(5-13)14-10(6)7/h1-3H,4H2. The molecule has 2 rings (SSSR count). The van der Waals surface area contributed by atoms with Gasteiger partial charge in [0.1, 0.15) is 10.9 Å². The van der Waals surface area contributed by atoms with E-state index in [-0.39, 0.29) is 0 Å². The first kappa shape index (κ1) is 9.97. The summed E-state index contributed by atoms with van der Waals surface area (Å²) in [6.07, 6.45) is 0. The van der Waals surface area contributed by atoms with Gasteiger partial charge in [-0.3, -0.25) is 0 Å². The Bertz CT molecular complexity index is 527. The predicted molar refractivity (Wildman–Crippen MR) is 64.2 cm³/mol. The van der Waals surface area contributed by atoms with Crippen LogP contribution in [0.3, 0.4) is 0 Å². The van der Waals surface area contributed by atoms with Crippen LogP contribution >= 0.6 is 38.9 Å². The molecule has 0 aliphatic carbocycles. The zero-order chi connectivity index (χ0) is 10.1. The first-order chi connectivity index (χ1) is 6.74. The second kappa shape index (κ2) is 3.90. The molecule has 1 heterocycles. The molecule has 2 aromatic rings. The third kappa shape index (κ3) is 1.66. The maximum absolute atomic E-state index is 8.79. The molecule has 0 aliphatic rings. The van der Waals surface area contributed by atoms with Crippen molar-refractivity contribution in [1.82, 2.24) is 0 Å². The van der Waals surface area contributed by atoms with E-state index in [2.05, 4.69) is 22.0 Å². The molecule has 0 N–H and O–H groups in total. The Balaban J connectivity index is 2.79. The van der Waals surface area contributed by atoms with Crippen LogP contribution in [0.25, 0.3) is 10.1 Å². The van der Waals surface area contributed by atoms with Gasteiger partial charge in [0.25, 0.3) is 0 Å². The zero-order valence-electron chi connectivity index (χ0n) is 7.05. The highest BCUT2D eigenvalue weighted by Crippen LogP contribution is 2.32. The summed E-state index contributed by atoms with van der Waals surface area (Å²) in [6, 6.07) is 7.84. The Morgan fingerprint density at radius 1 is 1.43 bits per heavy atom. The predicted octanol–water partition coefficient (Wildman–Crippen LogP) is 4.32. The maximum atomic E-state index is 8.79. The van der Waals surface area contributed by atoms with E-state index in [9.17, 15) is 0 Å². The average molecular weight is 287 g/mol. The van der Waals surface area contributed by atoms with Crippen molar-refractivity contribution in [3.05, 3.63) is 33.7 Å². The van der Waals surface area contributed by atoms with E-state index in [1.54, 1.807) is 0 Å². The minimum atomic E-state index is 0.717. The Hall–Kier alpha value is -0.560. The third-order valence-electron chi connectivity index (χ3n) is 1.91. The number of fused-ring (bicyclic) bond motifs is 1. The molecule has 4 heteroatoms. The summed E-state index contributed by atoms with van der Waals surface area (Å²) in [5.41, 5.74) is 1.14. The average Bonchev–Trinajstić information content (AvgIpc) is 2.59. The molecular formula is C10H5BrClNS. The minimum absolute atomic E-state index is 0.717. The Morgan fingerprint density at radius 2 is 2.21 bits per heavy atom. The molecule has 1 aromatic carbocycles. The molecular weight excluding hydrogens is 282 g/mol. The molecule has 0 spiro atoms. The van der Waals surface area contributed by atoms with E-state index in [1.165, 1.54) is 11.3 Å². The van der Waals surface area contributed by atoms with Gasteiger partial charge in [-0.25, -0.2) is 0 Å². The lowest BCUT2D eigenvalue weighted by Gasteiger charge is -1.98. The number of hydrogen-bond donors (Lipinski definition) is 0. The smallest absolute Gasteiger partial charge is 0.110 e. The highest BCUT2D eigenvalue weighted by atomic mass is 79.9. The van der Waals surface area contributed by atoms with E-state index in [4.69, 9.17) is 16.9 Å². The topological polar surface area (TPSA) is 23.8 Å². The van der Waals surface area contributed by atoms with Crippen molar-refractivity contribution in [3.8, 4) is 6.07 Å². The summed E-state index contributed by atoms with van der Waals surface area (Å²) >= 11 is 10.9. The van der Waals surface area contributed by atoms with Crippen LogP contribution in [0.5, 0.6) is 0 Å². The molecule has 0 aliphatic heterocycles. The van der Waals surface area contributed by atoms with Gasteiger partial charge in [-0.15, -0.1) is 11.3 Å². The van der Waals surface area contributed by atoms with Gasteiger partial charge in [-0.2, -0.15) is 5.26 Å². The summed E-state index contributed by atoms with van der Waals surface area (Å²) < 4.78 is 1.14. The van der Waals surface area contributed by atoms with Gasteiger partial charge in [-0.1, -0.05) is 27.5 Å². The van der Waals surface area contributed by atoms with Gasteiger partial charge < -0.3 is 0 Å². The molecule has 0 saturated heterocycles. The van der Waals surface area contributed by atoms with Crippen LogP contribution in [0.15, 0.2) is 18.2 Å². The highest BCUT2D eigenvalue weighted by Gasteiger charge is 2.06. The zero-order valence-corrected chi connectivity index (χ0v) is 10.2. The summed E-state index contributed by atoms with van der Waals surface area (Å²) in [5, 5.41) is 11.3. The number of rotatable bonds is 1. The molecule has 1 nitrogen and oxygen atoms in total. The normalized spacial score (nSPS) is 10.4. The monoisotopic (exact) mass is 285 g/mol. The van der Waals surface area contributed by atoms with E-state index in [1.807, 2.05) is 18.2 Å². The van der Waals surface area contributed by atoms with Crippen molar-refractivity contribution in [2.24, 2.45) is 0 Å². The van der Waals surface area contributed by atoms with E-state index in [0.717, 1.165) is 25.9 Å². The van der Waals surface area contributed by atoms with Crippen LogP contribution in [0, 0.1) is 11.3 Å².